The minimum absolute atomic E-state index is 0.0383. The molecular formula is C28H42N2O4. The van der Waals surface area contributed by atoms with Crippen LogP contribution in [0.1, 0.15) is 65.2 Å². The summed E-state index contributed by atoms with van der Waals surface area (Å²) in [5, 5.41) is 5.35. The average molecular weight is 471 g/mol. The number of hydrogen-bond acceptors (Lipinski definition) is 4. The van der Waals surface area contributed by atoms with E-state index in [1.54, 1.807) is 6.92 Å². The summed E-state index contributed by atoms with van der Waals surface area (Å²) in [6.45, 7) is 4.74. The molecule has 0 aliphatic heterocycles. The van der Waals surface area contributed by atoms with E-state index in [0.29, 0.717) is 19.5 Å². The van der Waals surface area contributed by atoms with E-state index in [0.717, 1.165) is 57.1 Å². The smallest absolute Gasteiger partial charge is 0.330 e. The van der Waals surface area contributed by atoms with Gasteiger partial charge in [-0.1, -0.05) is 67.7 Å². The van der Waals surface area contributed by atoms with Crippen LogP contribution in [0.25, 0.3) is 0 Å². The van der Waals surface area contributed by atoms with Crippen molar-refractivity contribution >= 4 is 17.8 Å². The molecule has 0 aromatic heterocycles. The zero-order valence-corrected chi connectivity index (χ0v) is 20.8. The van der Waals surface area contributed by atoms with E-state index in [1.807, 2.05) is 0 Å². The molecule has 0 unspecified atom stereocenters. The third kappa shape index (κ3) is 23.5. The lowest BCUT2D eigenvalue weighted by Gasteiger charge is -2.05. The van der Waals surface area contributed by atoms with E-state index in [2.05, 4.69) is 83.1 Å². The molecule has 0 spiro atoms. The summed E-state index contributed by atoms with van der Waals surface area (Å²) in [4.78, 5) is 34.4. The Kier molecular flexibility index (Phi) is 22.2. The van der Waals surface area contributed by atoms with Crippen LogP contribution in [0.2, 0.25) is 0 Å². The molecule has 0 fully saturated rings. The minimum atomic E-state index is -0.557. The van der Waals surface area contributed by atoms with Gasteiger partial charge in [0.05, 0.1) is 6.61 Å². The second-order valence-electron chi connectivity index (χ2n) is 7.33. The Morgan fingerprint density at radius 3 is 1.76 bits per heavy atom. The van der Waals surface area contributed by atoms with E-state index in [1.165, 1.54) is 0 Å². The van der Waals surface area contributed by atoms with Crippen LogP contribution in [0.3, 0.4) is 0 Å². The third-order valence-corrected chi connectivity index (χ3v) is 4.34. The summed E-state index contributed by atoms with van der Waals surface area (Å²) >= 11 is 0. The first-order valence-electron chi connectivity index (χ1n) is 12.2. The molecule has 0 atom stereocenters. The highest BCUT2D eigenvalue weighted by Crippen LogP contribution is 1.99. The van der Waals surface area contributed by atoms with Crippen molar-refractivity contribution in [3.8, 4) is 0 Å². The summed E-state index contributed by atoms with van der Waals surface area (Å²) in [7, 11) is 0. The van der Waals surface area contributed by atoms with E-state index >= 15 is 0 Å². The Bertz CT molecular complexity index is 731. The van der Waals surface area contributed by atoms with E-state index < -0.39 is 11.9 Å². The van der Waals surface area contributed by atoms with Gasteiger partial charge in [-0.2, -0.15) is 0 Å². The lowest BCUT2D eigenvalue weighted by atomic mass is 10.2. The topological polar surface area (TPSA) is 84.5 Å². The lowest BCUT2D eigenvalue weighted by Crippen LogP contribution is -2.33. The number of rotatable bonds is 19. The van der Waals surface area contributed by atoms with Gasteiger partial charge < -0.3 is 15.4 Å². The summed E-state index contributed by atoms with van der Waals surface area (Å²) in [6, 6.07) is 0. The summed E-state index contributed by atoms with van der Waals surface area (Å²) in [5.41, 5.74) is 0. The van der Waals surface area contributed by atoms with Crippen LogP contribution in [0.15, 0.2) is 72.9 Å². The van der Waals surface area contributed by atoms with Gasteiger partial charge in [-0.15, -0.1) is 0 Å². The van der Waals surface area contributed by atoms with Crippen LogP contribution in [-0.2, 0) is 19.1 Å². The fourth-order valence-corrected chi connectivity index (χ4v) is 2.62. The van der Waals surface area contributed by atoms with Gasteiger partial charge in [0.25, 0.3) is 0 Å². The van der Waals surface area contributed by atoms with Crippen molar-refractivity contribution in [3.05, 3.63) is 72.9 Å². The van der Waals surface area contributed by atoms with Gasteiger partial charge in [0.2, 0.25) is 11.8 Å². The predicted octanol–water partition coefficient (Wildman–Crippen LogP) is 5.26. The molecule has 0 aliphatic rings. The molecule has 0 saturated carbocycles. The zero-order chi connectivity index (χ0) is 25.1. The largest absolute Gasteiger partial charge is 0.463 e. The minimum Gasteiger partial charge on any atom is -0.463 e. The number of ether oxygens (including phenoxy) is 1. The first-order valence-corrected chi connectivity index (χ1v) is 12.2. The van der Waals surface area contributed by atoms with E-state index in [-0.39, 0.29) is 12.5 Å². The van der Waals surface area contributed by atoms with Gasteiger partial charge >= 0.3 is 5.97 Å². The third-order valence-electron chi connectivity index (χ3n) is 4.34. The number of unbranched alkanes of at least 4 members (excludes halogenated alkanes) is 1. The molecule has 0 heterocycles. The maximum absolute atomic E-state index is 11.8. The number of allylic oxidation sites excluding steroid dienone is 10. The number of esters is 1. The van der Waals surface area contributed by atoms with Crippen molar-refractivity contribution in [1.82, 2.24) is 10.6 Å². The van der Waals surface area contributed by atoms with Gasteiger partial charge in [-0.25, -0.2) is 4.79 Å². The van der Waals surface area contributed by atoms with E-state index in [9.17, 15) is 14.4 Å². The van der Waals surface area contributed by atoms with Gasteiger partial charge in [0.15, 0.2) is 0 Å². The number of nitrogens with one attached hydrogen (secondary N) is 2. The SMILES string of the molecule is CCC=CCC=CCC=CCC=CCC=CCCCC(=O)NCCNC(=O)C=CC(=O)OCC. The number of carbonyl (C=O) groups is 3. The molecule has 0 aromatic rings. The van der Waals surface area contributed by atoms with Gasteiger partial charge in [0.1, 0.15) is 0 Å². The van der Waals surface area contributed by atoms with Crippen LogP contribution in [0, 0.1) is 0 Å². The maximum Gasteiger partial charge on any atom is 0.330 e. The molecule has 6 heteroatoms. The molecule has 2 amide bonds. The highest BCUT2D eigenvalue weighted by atomic mass is 16.5. The average Bonchev–Trinajstić information content (AvgIpc) is 2.82. The Labute approximate surface area is 205 Å². The molecule has 2 N–H and O–H groups in total. The molecule has 34 heavy (non-hydrogen) atoms. The van der Waals surface area contributed by atoms with Crippen molar-refractivity contribution in [1.29, 1.82) is 0 Å². The Morgan fingerprint density at radius 2 is 1.21 bits per heavy atom. The Morgan fingerprint density at radius 1 is 0.676 bits per heavy atom. The summed E-state index contributed by atoms with van der Waals surface area (Å²) in [5.74, 6) is -0.997. The van der Waals surface area contributed by atoms with Crippen LogP contribution in [0.4, 0.5) is 0 Å². The number of amides is 2. The second kappa shape index (κ2) is 24.5. The standard InChI is InChI=1S/C28H42N2O4/c1-3-5-6-7-8-9-10-11-12-13-14-15-16-17-18-19-20-21-26(31)29-24-25-30-27(32)22-23-28(33)34-4-2/h5-6,8-9,11-12,14-15,17-18,22-23H,3-4,7,10,13,16,19-21,24-25H2,1-2H3,(H,29,31)(H,30,32). The van der Waals surface area contributed by atoms with E-state index in [4.69, 9.17) is 0 Å². The normalized spacial score (nSPS) is 12.2. The lowest BCUT2D eigenvalue weighted by molar-refractivity contribution is -0.137. The Balaban J connectivity index is 3.63. The fraction of sp³-hybridized carbons (Fsp3) is 0.464. The molecule has 6 nitrogen and oxygen atoms in total. The van der Waals surface area contributed by atoms with Crippen molar-refractivity contribution in [2.24, 2.45) is 0 Å². The molecule has 0 aliphatic carbocycles. The summed E-state index contributed by atoms with van der Waals surface area (Å²) in [6.07, 6.45) is 30.8. The molecule has 0 bridgehead atoms. The molecule has 188 valence electrons. The first-order chi connectivity index (χ1) is 16.6. The van der Waals surface area contributed by atoms with Crippen molar-refractivity contribution in [2.75, 3.05) is 19.7 Å². The predicted molar refractivity (Wildman–Crippen MR) is 140 cm³/mol. The maximum atomic E-state index is 11.8. The van der Waals surface area contributed by atoms with Crippen molar-refractivity contribution in [2.45, 2.75) is 65.2 Å². The van der Waals surface area contributed by atoms with Gasteiger partial charge in [-0.3, -0.25) is 9.59 Å². The van der Waals surface area contributed by atoms with Crippen LogP contribution < -0.4 is 10.6 Å². The molecule has 0 saturated heterocycles. The number of carbonyl (C=O) groups excluding carboxylic acids is 3. The highest BCUT2D eigenvalue weighted by molar-refractivity contribution is 5.94. The monoisotopic (exact) mass is 470 g/mol. The second-order valence-corrected chi connectivity index (χ2v) is 7.33. The number of hydrogen-bond donors (Lipinski definition) is 2. The molecule has 0 radical (unpaired) electrons. The summed E-state index contributed by atoms with van der Waals surface area (Å²) < 4.78 is 4.68. The van der Waals surface area contributed by atoms with Crippen LogP contribution in [-0.4, -0.2) is 37.5 Å². The fourth-order valence-electron chi connectivity index (χ4n) is 2.62. The Hall–Kier alpha value is -3.15. The quantitative estimate of drug-likeness (QED) is 0.117. The molecular weight excluding hydrogens is 428 g/mol. The first kappa shape index (κ1) is 30.9. The zero-order valence-electron chi connectivity index (χ0n) is 20.8. The van der Waals surface area contributed by atoms with Gasteiger partial charge in [0, 0.05) is 31.7 Å². The van der Waals surface area contributed by atoms with Gasteiger partial charge in [-0.05, 0) is 51.9 Å². The molecule has 0 rings (SSSR count). The van der Waals surface area contributed by atoms with Crippen molar-refractivity contribution < 1.29 is 19.1 Å². The molecule has 0 aromatic carbocycles. The van der Waals surface area contributed by atoms with Crippen LogP contribution in [0.5, 0.6) is 0 Å². The van der Waals surface area contributed by atoms with Crippen molar-refractivity contribution in [3.63, 3.8) is 0 Å². The highest BCUT2D eigenvalue weighted by Gasteiger charge is 2.01. The van der Waals surface area contributed by atoms with Crippen LogP contribution >= 0.6 is 0 Å².